The molecule has 0 aromatic heterocycles. The van der Waals surface area contributed by atoms with E-state index in [1.165, 1.54) is 7.05 Å². The van der Waals surface area contributed by atoms with Crippen LogP contribution in [-0.2, 0) is 4.79 Å². The van der Waals surface area contributed by atoms with Gasteiger partial charge in [-0.15, -0.1) is 0 Å². The van der Waals surface area contributed by atoms with Gasteiger partial charge in [0, 0.05) is 13.1 Å². The Kier molecular flexibility index (Phi) is 4.95. The molecule has 1 aromatic carbocycles. The quantitative estimate of drug-likeness (QED) is 0.648. The van der Waals surface area contributed by atoms with Crippen molar-refractivity contribution in [3.05, 3.63) is 29.3 Å². The molecule has 0 fully saturated rings. The van der Waals surface area contributed by atoms with Gasteiger partial charge in [-0.1, -0.05) is 0 Å². The lowest BCUT2D eigenvalue weighted by Gasteiger charge is -2.09. The maximum atomic E-state index is 13.4. The maximum absolute atomic E-state index is 13.4. The molecule has 0 unspecified atom stereocenters. The normalized spacial score (nSPS) is 9.75. The second-order valence-electron chi connectivity index (χ2n) is 3.60. The predicted molar refractivity (Wildman–Crippen MR) is 64.4 cm³/mol. The van der Waals surface area contributed by atoms with Gasteiger partial charge in [0.1, 0.15) is 11.6 Å². The zero-order valence-electron chi connectivity index (χ0n) is 10.3. The van der Waals surface area contributed by atoms with Gasteiger partial charge in [0.15, 0.2) is 0 Å². The molecule has 0 atom stereocenters. The Bertz CT molecular complexity index is 563. The molecule has 0 aliphatic carbocycles. The minimum atomic E-state index is -1.60. The van der Waals surface area contributed by atoms with Crippen LogP contribution in [0.1, 0.15) is 10.4 Å². The van der Waals surface area contributed by atoms with Crippen LogP contribution in [0.15, 0.2) is 12.1 Å². The Labute approximate surface area is 112 Å². The third-order valence-corrected chi connectivity index (χ3v) is 2.22. The van der Waals surface area contributed by atoms with Gasteiger partial charge in [0.05, 0.1) is 17.8 Å². The molecule has 0 saturated heterocycles. The first kappa shape index (κ1) is 15.3. The van der Waals surface area contributed by atoms with E-state index < -0.39 is 40.8 Å². The summed E-state index contributed by atoms with van der Waals surface area (Å²) >= 11 is 0. The Morgan fingerprint density at radius 2 is 1.85 bits per heavy atom. The van der Waals surface area contributed by atoms with Gasteiger partial charge in [-0.3, -0.25) is 4.79 Å². The van der Waals surface area contributed by atoms with Crippen LogP contribution in [0.2, 0.25) is 0 Å². The number of nitrogens with one attached hydrogen (secondary N) is 3. The highest BCUT2D eigenvalue weighted by atomic mass is 19.1. The highest BCUT2D eigenvalue weighted by Crippen LogP contribution is 2.19. The van der Waals surface area contributed by atoms with Crippen LogP contribution >= 0.6 is 0 Å². The fourth-order valence-corrected chi connectivity index (χ4v) is 1.22. The number of carbonyl (C=O) groups excluding carboxylic acids is 2. The molecule has 0 spiro atoms. The SMILES string of the molecule is CNC(=O)CNC(=O)Nc1cc(C(=O)O)c(F)cc1F. The van der Waals surface area contributed by atoms with Crippen LogP contribution in [0.3, 0.4) is 0 Å². The molecule has 0 bridgehead atoms. The van der Waals surface area contributed by atoms with E-state index >= 15 is 0 Å². The van der Waals surface area contributed by atoms with Crippen molar-refractivity contribution in [2.24, 2.45) is 0 Å². The van der Waals surface area contributed by atoms with E-state index in [1.54, 1.807) is 0 Å². The summed E-state index contributed by atoms with van der Waals surface area (Å²) in [4.78, 5) is 32.9. The number of halogens is 2. The highest BCUT2D eigenvalue weighted by molar-refractivity contribution is 5.94. The molecule has 0 heterocycles. The van der Waals surface area contributed by atoms with Gasteiger partial charge in [-0.2, -0.15) is 0 Å². The van der Waals surface area contributed by atoms with Crippen LogP contribution < -0.4 is 16.0 Å². The van der Waals surface area contributed by atoms with E-state index in [2.05, 4.69) is 10.6 Å². The average molecular weight is 287 g/mol. The van der Waals surface area contributed by atoms with Crippen molar-refractivity contribution in [2.45, 2.75) is 0 Å². The van der Waals surface area contributed by atoms with E-state index in [0.717, 1.165) is 0 Å². The summed E-state index contributed by atoms with van der Waals surface area (Å²) in [7, 11) is 1.36. The zero-order chi connectivity index (χ0) is 15.3. The van der Waals surface area contributed by atoms with Gasteiger partial charge >= 0.3 is 12.0 Å². The van der Waals surface area contributed by atoms with Gasteiger partial charge in [0.25, 0.3) is 0 Å². The fraction of sp³-hybridized carbons (Fsp3) is 0.182. The largest absolute Gasteiger partial charge is 0.478 e. The summed E-state index contributed by atoms with van der Waals surface area (Å²) in [6.45, 7) is -0.350. The van der Waals surface area contributed by atoms with E-state index in [9.17, 15) is 23.2 Å². The number of rotatable bonds is 4. The average Bonchev–Trinajstić information content (AvgIpc) is 2.38. The van der Waals surface area contributed by atoms with Gasteiger partial charge < -0.3 is 21.1 Å². The maximum Gasteiger partial charge on any atom is 0.338 e. The Morgan fingerprint density at radius 3 is 2.40 bits per heavy atom. The first-order valence-corrected chi connectivity index (χ1v) is 5.33. The summed E-state index contributed by atoms with van der Waals surface area (Å²) in [6, 6.07) is 0.0556. The lowest BCUT2D eigenvalue weighted by atomic mass is 10.2. The number of carboxylic acids is 1. The fourth-order valence-electron chi connectivity index (χ4n) is 1.22. The van der Waals surface area contributed by atoms with Crippen LogP contribution in [-0.4, -0.2) is 36.6 Å². The van der Waals surface area contributed by atoms with E-state index in [1.807, 2.05) is 5.32 Å². The van der Waals surface area contributed by atoms with Crippen LogP contribution in [0.25, 0.3) is 0 Å². The van der Waals surface area contributed by atoms with Gasteiger partial charge in [-0.05, 0) is 6.07 Å². The number of hydrogen-bond acceptors (Lipinski definition) is 3. The minimum absolute atomic E-state index is 0.345. The molecule has 1 aromatic rings. The lowest BCUT2D eigenvalue weighted by molar-refractivity contribution is -0.119. The van der Waals surface area contributed by atoms with E-state index in [4.69, 9.17) is 5.11 Å². The molecule has 0 radical (unpaired) electrons. The number of urea groups is 1. The zero-order valence-corrected chi connectivity index (χ0v) is 10.3. The molecule has 9 heteroatoms. The number of amides is 3. The molecule has 3 amide bonds. The van der Waals surface area contributed by atoms with Crippen molar-refractivity contribution >= 4 is 23.6 Å². The molecule has 4 N–H and O–H groups in total. The highest BCUT2D eigenvalue weighted by Gasteiger charge is 2.16. The number of benzene rings is 1. The Morgan fingerprint density at radius 1 is 1.20 bits per heavy atom. The Balaban J connectivity index is 2.82. The van der Waals surface area contributed by atoms with E-state index in [-0.39, 0.29) is 6.54 Å². The molecular weight excluding hydrogens is 276 g/mol. The standard InChI is InChI=1S/C11H11F2N3O4/c1-14-9(17)4-15-11(20)16-8-2-5(10(18)19)6(12)3-7(8)13/h2-3H,4H2,1H3,(H,14,17)(H,18,19)(H2,15,16,20). The summed E-state index contributed by atoms with van der Waals surface area (Å²) < 4.78 is 26.5. The minimum Gasteiger partial charge on any atom is -0.478 e. The molecule has 1 rings (SSSR count). The van der Waals surface area contributed by atoms with Gasteiger partial charge in [-0.25, -0.2) is 18.4 Å². The summed E-state index contributed by atoms with van der Waals surface area (Å²) in [5.41, 5.74) is -1.30. The molecule has 20 heavy (non-hydrogen) atoms. The molecular formula is C11H11F2N3O4. The molecule has 108 valence electrons. The van der Waals surface area contributed by atoms with Crippen LogP contribution in [0.5, 0.6) is 0 Å². The Hall–Kier alpha value is -2.71. The second kappa shape index (κ2) is 6.45. The monoisotopic (exact) mass is 287 g/mol. The van der Waals surface area contributed by atoms with Gasteiger partial charge in [0.2, 0.25) is 5.91 Å². The molecule has 0 aliphatic rings. The smallest absolute Gasteiger partial charge is 0.338 e. The molecule has 7 nitrogen and oxygen atoms in total. The number of likely N-dealkylation sites (N-methyl/N-ethyl adjacent to an activating group) is 1. The van der Waals surface area contributed by atoms with Crippen LogP contribution in [0.4, 0.5) is 19.3 Å². The number of carboxylic acid groups (broad SMARTS) is 1. The summed E-state index contributed by atoms with van der Waals surface area (Å²) in [5.74, 6) is -4.48. The number of aromatic carboxylic acids is 1. The first-order valence-electron chi connectivity index (χ1n) is 5.33. The van der Waals surface area contributed by atoms with Crippen molar-refractivity contribution in [2.75, 3.05) is 18.9 Å². The van der Waals surface area contributed by atoms with Crippen molar-refractivity contribution in [1.29, 1.82) is 0 Å². The number of carbonyl (C=O) groups is 3. The van der Waals surface area contributed by atoms with Crippen molar-refractivity contribution in [3.63, 3.8) is 0 Å². The van der Waals surface area contributed by atoms with Crippen molar-refractivity contribution in [1.82, 2.24) is 10.6 Å². The molecule has 0 aliphatic heterocycles. The number of hydrogen-bond donors (Lipinski definition) is 4. The van der Waals surface area contributed by atoms with Crippen LogP contribution in [0, 0.1) is 11.6 Å². The first-order chi connectivity index (χ1) is 9.35. The number of anilines is 1. The summed E-state index contributed by atoms with van der Waals surface area (Å²) in [5, 5.41) is 15.0. The second-order valence-corrected chi connectivity index (χ2v) is 3.60. The van der Waals surface area contributed by atoms with Crippen molar-refractivity contribution in [3.8, 4) is 0 Å². The lowest BCUT2D eigenvalue weighted by Crippen LogP contribution is -2.37. The third kappa shape index (κ3) is 3.90. The third-order valence-electron chi connectivity index (χ3n) is 2.22. The predicted octanol–water partition coefficient (Wildman–Crippen LogP) is 0.530. The molecule has 0 saturated carbocycles. The summed E-state index contributed by atoms with van der Waals surface area (Å²) in [6.07, 6.45) is 0. The topological polar surface area (TPSA) is 108 Å². The van der Waals surface area contributed by atoms with E-state index in [0.29, 0.717) is 12.1 Å². The van der Waals surface area contributed by atoms with Crippen molar-refractivity contribution < 1.29 is 28.3 Å².